The summed E-state index contributed by atoms with van der Waals surface area (Å²) in [5.41, 5.74) is 0. The second-order valence-corrected chi connectivity index (χ2v) is 20.2. The zero-order valence-electron chi connectivity index (χ0n) is 50.1. The number of rotatable bonds is 55. The highest BCUT2D eigenvalue weighted by molar-refractivity contribution is 5.71. The van der Waals surface area contributed by atoms with Crippen molar-refractivity contribution in [2.45, 2.75) is 264 Å². The Bertz CT molecular complexity index is 1760. The zero-order chi connectivity index (χ0) is 56.4. The van der Waals surface area contributed by atoms with Gasteiger partial charge in [-0.1, -0.05) is 256 Å². The number of carbonyl (C=O) groups is 3. The molecule has 0 aliphatic carbocycles. The number of carbonyl (C=O) groups excluding carboxylic acids is 3. The summed E-state index contributed by atoms with van der Waals surface area (Å²) in [7, 11) is 0. The van der Waals surface area contributed by atoms with Gasteiger partial charge >= 0.3 is 17.9 Å². The summed E-state index contributed by atoms with van der Waals surface area (Å²) in [5.74, 6) is -0.955. The van der Waals surface area contributed by atoms with Crippen LogP contribution in [-0.4, -0.2) is 37.2 Å². The monoisotopic (exact) mass is 1070 g/mol. The fraction of sp³-hybridized carbons (Fsp3) is 0.597. The van der Waals surface area contributed by atoms with Gasteiger partial charge in [0, 0.05) is 19.3 Å². The second-order valence-electron chi connectivity index (χ2n) is 20.2. The maximum absolute atomic E-state index is 12.9. The molecule has 0 aromatic heterocycles. The summed E-state index contributed by atoms with van der Waals surface area (Å²) in [6.45, 7) is 6.37. The highest BCUT2D eigenvalue weighted by Gasteiger charge is 2.19. The molecule has 438 valence electrons. The average molecular weight is 1080 g/mol. The van der Waals surface area contributed by atoms with Crippen LogP contribution in [-0.2, 0) is 28.6 Å². The van der Waals surface area contributed by atoms with Crippen molar-refractivity contribution in [3.63, 3.8) is 0 Å². The van der Waals surface area contributed by atoms with Crippen molar-refractivity contribution < 1.29 is 28.6 Å². The van der Waals surface area contributed by atoms with Crippen LogP contribution in [0, 0.1) is 0 Å². The van der Waals surface area contributed by atoms with E-state index in [-0.39, 0.29) is 31.1 Å². The van der Waals surface area contributed by atoms with Gasteiger partial charge in [-0.15, -0.1) is 0 Å². The van der Waals surface area contributed by atoms with Gasteiger partial charge in [-0.25, -0.2) is 0 Å². The fourth-order valence-corrected chi connectivity index (χ4v) is 8.02. The second kappa shape index (κ2) is 64.6. The number of unbranched alkanes of at least 4 members (excludes halogenated alkanes) is 18. The van der Waals surface area contributed by atoms with E-state index in [0.717, 1.165) is 193 Å². The molecule has 78 heavy (non-hydrogen) atoms. The molecule has 0 aromatic rings. The Kier molecular flexibility index (Phi) is 60.4. The number of ether oxygens (including phenoxy) is 3. The highest BCUT2D eigenvalue weighted by Crippen LogP contribution is 2.13. The zero-order valence-corrected chi connectivity index (χ0v) is 50.1. The summed E-state index contributed by atoms with van der Waals surface area (Å²) in [6.07, 6.45) is 93.9. The van der Waals surface area contributed by atoms with Crippen LogP contribution in [0.15, 0.2) is 158 Å². The van der Waals surface area contributed by atoms with Gasteiger partial charge in [-0.05, 0) is 141 Å². The van der Waals surface area contributed by atoms with Gasteiger partial charge in [0.2, 0.25) is 0 Å². The Morgan fingerprint density at radius 1 is 0.269 bits per heavy atom. The van der Waals surface area contributed by atoms with Gasteiger partial charge in [-0.2, -0.15) is 0 Å². The minimum absolute atomic E-state index is 0.103. The molecular weight excluding hydrogens is 961 g/mol. The minimum Gasteiger partial charge on any atom is -0.462 e. The fourth-order valence-electron chi connectivity index (χ4n) is 8.02. The molecule has 0 radical (unpaired) electrons. The Labute approximate surface area is 480 Å². The van der Waals surface area contributed by atoms with Crippen LogP contribution in [0.5, 0.6) is 0 Å². The molecule has 0 heterocycles. The Balaban J connectivity index is 4.34. The molecule has 0 amide bonds. The van der Waals surface area contributed by atoms with E-state index in [1.54, 1.807) is 0 Å². The molecule has 0 saturated heterocycles. The summed E-state index contributed by atoms with van der Waals surface area (Å²) in [6, 6.07) is 0. The van der Waals surface area contributed by atoms with Gasteiger partial charge in [0.15, 0.2) is 6.10 Å². The van der Waals surface area contributed by atoms with E-state index in [4.69, 9.17) is 14.2 Å². The predicted octanol–water partition coefficient (Wildman–Crippen LogP) is 21.7. The van der Waals surface area contributed by atoms with E-state index in [2.05, 4.69) is 179 Å². The molecule has 0 spiro atoms. The Morgan fingerprint density at radius 2 is 0.526 bits per heavy atom. The Hall–Kier alpha value is -4.97. The normalized spacial score (nSPS) is 13.2. The van der Waals surface area contributed by atoms with Crippen molar-refractivity contribution in [1.82, 2.24) is 0 Å². The van der Waals surface area contributed by atoms with Crippen molar-refractivity contribution in [2.75, 3.05) is 13.2 Å². The van der Waals surface area contributed by atoms with Gasteiger partial charge in [0.25, 0.3) is 0 Å². The topological polar surface area (TPSA) is 78.9 Å². The van der Waals surface area contributed by atoms with E-state index in [1.807, 2.05) is 0 Å². The van der Waals surface area contributed by atoms with Crippen molar-refractivity contribution >= 4 is 17.9 Å². The number of hydrogen-bond acceptors (Lipinski definition) is 6. The van der Waals surface area contributed by atoms with Crippen molar-refractivity contribution in [1.29, 1.82) is 0 Å². The van der Waals surface area contributed by atoms with Gasteiger partial charge < -0.3 is 14.2 Å². The molecule has 0 aromatic carbocycles. The minimum atomic E-state index is -0.807. The van der Waals surface area contributed by atoms with Gasteiger partial charge in [-0.3, -0.25) is 14.4 Å². The molecule has 0 saturated carbocycles. The van der Waals surface area contributed by atoms with Crippen molar-refractivity contribution in [3.05, 3.63) is 158 Å². The molecule has 1 atom stereocenters. The van der Waals surface area contributed by atoms with Crippen molar-refractivity contribution in [3.8, 4) is 0 Å². The van der Waals surface area contributed by atoms with E-state index in [1.165, 1.54) is 25.7 Å². The molecule has 1 unspecified atom stereocenters. The first kappa shape index (κ1) is 73.0. The highest BCUT2D eigenvalue weighted by atomic mass is 16.6. The Morgan fingerprint density at radius 3 is 0.833 bits per heavy atom. The molecule has 0 fully saturated rings. The number of allylic oxidation sites excluding steroid dienone is 26. The lowest BCUT2D eigenvalue weighted by Crippen LogP contribution is -2.30. The first-order valence-corrected chi connectivity index (χ1v) is 31.5. The SMILES string of the molecule is CC/C=C\C/C=C\C/C=C\C/C=C\C/C=C\C/C=C\C/C=C\C/C=C\C/C=C\CCCCCCCC(=O)OCC(COC(=O)CCCCCCC/C=C\C/C=C\CCC)OC(=O)CCCCCCC/C=C\C/C=C\CCCC. The first-order chi connectivity index (χ1) is 38.5. The lowest BCUT2D eigenvalue weighted by molar-refractivity contribution is -0.167. The molecular formula is C72H114O6. The molecule has 0 aliphatic rings. The smallest absolute Gasteiger partial charge is 0.306 e. The third-order valence-corrected chi connectivity index (χ3v) is 12.7. The first-order valence-electron chi connectivity index (χ1n) is 31.5. The molecule has 0 aliphatic heterocycles. The standard InChI is InChI=1S/C72H114O6/c1-4-7-10-13-16-19-22-25-27-28-29-30-31-32-33-34-35-36-37-38-39-40-41-42-43-44-45-48-50-53-56-59-62-65-71(74)77-68-69(67-76-70(73)64-61-58-55-52-49-46-24-21-18-15-12-9-6-3)78-72(75)66-63-60-57-54-51-47-26-23-20-17-14-11-8-5-2/h7,10,12,14-17,19,21,23-27,29-30,32-33,35-36,38-39,41-42,44-45,69H,4-6,8-9,11,13,18,20,22,28,31,34,37,40,43,46-68H2,1-3H3/b10-7-,15-12-,17-14-,19-16-,24-21-,26-23-,27-25-,30-29-,33-32-,36-35-,39-38-,42-41-,45-44-. The average Bonchev–Trinajstić information content (AvgIpc) is 3.44. The molecule has 6 nitrogen and oxygen atoms in total. The van der Waals surface area contributed by atoms with Crippen LogP contribution in [0.3, 0.4) is 0 Å². The number of hydrogen-bond donors (Lipinski definition) is 0. The summed E-state index contributed by atoms with van der Waals surface area (Å²) in [5, 5.41) is 0. The van der Waals surface area contributed by atoms with E-state index >= 15 is 0 Å². The van der Waals surface area contributed by atoms with Crippen LogP contribution in [0.1, 0.15) is 258 Å². The van der Waals surface area contributed by atoms with Crippen LogP contribution in [0.25, 0.3) is 0 Å². The quantitative estimate of drug-likeness (QED) is 0.0261. The van der Waals surface area contributed by atoms with E-state index in [0.29, 0.717) is 19.3 Å². The van der Waals surface area contributed by atoms with Gasteiger partial charge in [0.05, 0.1) is 0 Å². The van der Waals surface area contributed by atoms with Crippen LogP contribution < -0.4 is 0 Å². The third kappa shape index (κ3) is 61.9. The third-order valence-electron chi connectivity index (χ3n) is 12.7. The maximum Gasteiger partial charge on any atom is 0.306 e. The van der Waals surface area contributed by atoms with E-state index < -0.39 is 6.10 Å². The van der Waals surface area contributed by atoms with Crippen LogP contribution >= 0.6 is 0 Å². The van der Waals surface area contributed by atoms with Crippen molar-refractivity contribution in [2.24, 2.45) is 0 Å². The van der Waals surface area contributed by atoms with Gasteiger partial charge in [0.1, 0.15) is 13.2 Å². The number of esters is 3. The maximum atomic E-state index is 12.9. The van der Waals surface area contributed by atoms with Crippen LogP contribution in [0.2, 0.25) is 0 Å². The van der Waals surface area contributed by atoms with E-state index in [9.17, 15) is 14.4 Å². The van der Waals surface area contributed by atoms with Crippen LogP contribution in [0.4, 0.5) is 0 Å². The molecule has 6 heteroatoms. The predicted molar refractivity (Wildman–Crippen MR) is 338 cm³/mol. The molecule has 0 rings (SSSR count). The summed E-state index contributed by atoms with van der Waals surface area (Å²) >= 11 is 0. The lowest BCUT2D eigenvalue weighted by atomic mass is 10.1. The molecule has 0 N–H and O–H groups in total. The lowest BCUT2D eigenvalue weighted by Gasteiger charge is -2.18. The largest absolute Gasteiger partial charge is 0.462 e. The summed E-state index contributed by atoms with van der Waals surface area (Å²) in [4.78, 5) is 38.2. The summed E-state index contributed by atoms with van der Waals surface area (Å²) < 4.78 is 16.8. The molecule has 0 bridgehead atoms.